The van der Waals surface area contributed by atoms with E-state index >= 15 is 4.39 Å². The fraction of sp³-hybridized carbons (Fsp3) is 0.242. The molecule has 1 amide bonds. The molecule has 1 saturated heterocycles. The van der Waals surface area contributed by atoms with Crippen LogP contribution in [0.2, 0.25) is 0 Å². The number of rotatable bonds is 12. The van der Waals surface area contributed by atoms with Gasteiger partial charge in [0.2, 0.25) is 5.69 Å². The summed E-state index contributed by atoms with van der Waals surface area (Å²) in [6, 6.07) is 13.7. The Balaban J connectivity index is 1.15. The fourth-order valence-electron chi connectivity index (χ4n) is 5.14. The Hall–Kier alpha value is -5.67. The summed E-state index contributed by atoms with van der Waals surface area (Å²) in [4.78, 5) is 30.6. The van der Waals surface area contributed by atoms with Crippen LogP contribution in [0.1, 0.15) is 16.9 Å². The summed E-state index contributed by atoms with van der Waals surface area (Å²) >= 11 is 0. The molecule has 248 valence electrons. The highest BCUT2D eigenvalue weighted by Crippen LogP contribution is 2.38. The van der Waals surface area contributed by atoms with Crippen LogP contribution < -0.4 is 19.5 Å². The lowest BCUT2D eigenvalue weighted by atomic mass is 10.1. The van der Waals surface area contributed by atoms with Crippen LogP contribution in [0, 0.1) is 21.7 Å². The number of nitrogens with zero attached hydrogens (tertiary/aromatic N) is 5. The number of hydrogen-bond donors (Lipinski definition) is 1. The monoisotopic (exact) mass is 660 g/mol. The van der Waals surface area contributed by atoms with Crippen molar-refractivity contribution in [3.8, 4) is 28.7 Å². The SMILES string of the molecule is COc1cc2c(Oc3ccc(NC(=O)c4nn(-c5ccc(F)cc5)cc4[N+](=O)[O-])cc3F)ccnc2cc1OCCCN1CCOCC1. The second kappa shape index (κ2) is 14.4. The van der Waals surface area contributed by atoms with Crippen LogP contribution >= 0.6 is 0 Å². The number of morpholine rings is 1. The van der Waals surface area contributed by atoms with Crippen LogP contribution in [0.5, 0.6) is 23.0 Å². The molecule has 0 radical (unpaired) electrons. The van der Waals surface area contributed by atoms with Gasteiger partial charge in [0.05, 0.1) is 43.1 Å². The lowest BCUT2D eigenvalue weighted by molar-refractivity contribution is -0.385. The highest BCUT2D eigenvalue weighted by atomic mass is 19.1. The Morgan fingerprint density at radius 3 is 2.54 bits per heavy atom. The van der Waals surface area contributed by atoms with Crippen molar-refractivity contribution in [2.24, 2.45) is 0 Å². The number of fused-ring (bicyclic) bond motifs is 1. The van der Waals surface area contributed by atoms with Gasteiger partial charge < -0.3 is 24.3 Å². The first-order valence-electron chi connectivity index (χ1n) is 15.0. The quantitative estimate of drug-likeness (QED) is 0.0997. The van der Waals surface area contributed by atoms with E-state index in [1.807, 2.05) is 0 Å². The number of carbonyl (C=O) groups excluding carboxylic acids is 1. The maximum atomic E-state index is 15.3. The zero-order chi connectivity index (χ0) is 33.6. The van der Waals surface area contributed by atoms with Gasteiger partial charge in [-0.25, -0.2) is 13.5 Å². The number of halogens is 2. The topological polar surface area (TPSA) is 143 Å². The first-order chi connectivity index (χ1) is 23.3. The predicted molar refractivity (Wildman–Crippen MR) is 170 cm³/mol. The Labute approximate surface area is 272 Å². The fourth-order valence-corrected chi connectivity index (χ4v) is 5.14. The average Bonchev–Trinajstić information content (AvgIpc) is 3.55. The molecule has 2 aromatic heterocycles. The van der Waals surface area contributed by atoms with Gasteiger partial charge in [-0.3, -0.25) is 24.8 Å². The van der Waals surface area contributed by atoms with Crippen molar-refractivity contribution in [2.75, 3.05) is 51.9 Å². The molecule has 1 fully saturated rings. The van der Waals surface area contributed by atoms with Crippen LogP contribution in [0.4, 0.5) is 20.2 Å². The molecule has 0 unspecified atom stereocenters. The zero-order valence-corrected chi connectivity index (χ0v) is 25.7. The van der Waals surface area contributed by atoms with Gasteiger partial charge in [0, 0.05) is 49.0 Å². The molecule has 0 spiro atoms. The Bertz CT molecular complexity index is 1950. The number of nitrogens with one attached hydrogen (secondary N) is 1. The van der Waals surface area contributed by atoms with E-state index in [1.54, 1.807) is 18.2 Å². The predicted octanol–water partition coefficient (Wildman–Crippen LogP) is 5.76. The second-order valence-electron chi connectivity index (χ2n) is 10.7. The van der Waals surface area contributed by atoms with E-state index in [4.69, 9.17) is 18.9 Å². The molecular formula is C33H30F2N6O7. The third-order valence-corrected chi connectivity index (χ3v) is 7.57. The maximum absolute atomic E-state index is 15.3. The summed E-state index contributed by atoms with van der Waals surface area (Å²) in [5, 5.41) is 18.6. The van der Waals surface area contributed by atoms with Crippen molar-refractivity contribution in [3.63, 3.8) is 0 Å². The average molecular weight is 661 g/mol. The lowest BCUT2D eigenvalue weighted by Gasteiger charge is -2.26. The molecule has 15 heteroatoms. The third-order valence-electron chi connectivity index (χ3n) is 7.57. The molecule has 0 saturated carbocycles. The van der Waals surface area contributed by atoms with E-state index in [2.05, 4.69) is 20.3 Å². The molecule has 1 aliphatic rings. The van der Waals surface area contributed by atoms with E-state index in [0.717, 1.165) is 68.3 Å². The third kappa shape index (κ3) is 7.32. The first kappa shape index (κ1) is 32.3. The minimum atomic E-state index is -0.943. The van der Waals surface area contributed by atoms with Crippen molar-refractivity contribution in [1.29, 1.82) is 0 Å². The standard InChI is InChI=1S/C33H30F2N6O7/c1-45-30-18-24-26(19-31(30)47-14-2-11-39-12-15-46-16-13-39)36-10-9-28(24)48-29-8-5-22(17-25(29)35)37-33(42)32-27(41(43)44)20-40(38-32)23-6-3-21(34)4-7-23/h3-10,17-20H,2,11-16H2,1H3,(H,37,42). The summed E-state index contributed by atoms with van der Waals surface area (Å²) in [5.74, 6) is -1.12. The van der Waals surface area contributed by atoms with Gasteiger partial charge in [-0.2, -0.15) is 5.10 Å². The number of anilines is 1. The molecular weight excluding hydrogens is 630 g/mol. The lowest BCUT2D eigenvalue weighted by Crippen LogP contribution is -2.37. The first-order valence-corrected chi connectivity index (χ1v) is 15.0. The molecule has 5 aromatic rings. The summed E-state index contributed by atoms with van der Waals surface area (Å²) in [5.41, 5.74) is -0.244. The van der Waals surface area contributed by atoms with E-state index < -0.39 is 33.8 Å². The van der Waals surface area contributed by atoms with Crippen LogP contribution in [-0.2, 0) is 4.74 Å². The number of hydrogen-bond acceptors (Lipinski definition) is 10. The molecule has 1 aliphatic heterocycles. The second-order valence-corrected chi connectivity index (χ2v) is 10.7. The number of aromatic nitrogens is 3. The van der Waals surface area contributed by atoms with Gasteiger partial charge in [0.25, 0.3) is 5.91 Å². The van der Waals surface area contributed by atoms with Crippen molar-refractivity contribution >= 4 is 28.2 Å². The molecule has 0 aliphatic carbocycles. The molecule has 13 nitrogen and oxygen atoms in total. The highest BCUT2D eigenvalue weighted by Gasteiger charge is 2.27. The Kier molecular flexibility index (Phi) is 9.68. The number of methoxy groups -OCH3 is 1. The molecule has 0 bridgehead atoms. The maximum Gasteiger partial charge on any atom is 0.320 e. The summed E-state index contributed by atoms with van der Waals surface area (Å²) in [6.07, 6.45) is 3.38. The number of carbonyl (C=O) groups is 1. The summed E-state index contributed by atoms with van der Waals surface area (Å²) in [7, 11) is 1.52. The normalized spacial score (nSPS) is 13.3. The van der Waals surface area contributed by atoms with E-state index in [-0.39, 0.29) is 11.4 Å². The Morgan fingerprint density at radius 2 is 1.81 bits per heavy atom. The number of nitro groups is 1. The van der Waals surface area contributed by atoms with Crippen molar-refractivity contribution in [1.82, 2.24) is 19.7 Å². The minimum Gasteiger partial charge on any atom is -0.493 e. The van der Waals surface area contributed by atoms with Gasteiger partial charge >= 0.3 is 5.69 Å². The van der Waals surface area contributed by atoms with E-state index in [1.165, 1.54) is 37.6 Å². The number of benzene rings is 3. The van der Waals surface area contributed by atoms with Crippen molar-refractivity contribution < 1.29 is 37.4 Å². The van der Waals surface area contributed by atoms with Gasteiger partial charge in [-0.05, 0) is 55.0 Å². The van der Waals surface area contributed by atoms with Gasteiger partial charge in [-0.15, -0.1) is 0 Å². The van der Waals surface area contributed by atoms with Crippen LogP contribution in [-0.4, -0.2) is 77.1 Å². The zero-order valence-electron chi connectivity index (χ0n) is 25.7. The van der Waals surface area contributed by atoms with Crippen LogP contribution in [0.25, 0.3) is 16.6 Å². The molecule has 3 aromatic carbocycles. The van der Waals surface area contributed by atoms with Crippen molar-refractivity contribution in [2.45, 2.75) is 6.42 Å². The number of pyridine rings is 1. The smallest absolute Gasteiger partial charge is 0.320 e. The van der Waals surface area contributed by atoms with Crippen LogP contribution in [0.15, 0.2) is 73.1 Å². The summed E-state index contributed by atoms with van der Waals surface area (Å²) in [6.45, 7) is 4.65. The van der Waals surface area contributed by atoms with Gasteiger partial charge in [-0.1, -0.05) is 0 Å². The molecule has 48 heavy (non-hydrogen) atoms. The van der Waals surface area contributed by atoms with E-state index in [9.17, 15) is 19.3 Å². The Morgan fingerprint density at radius 1 is 1.02 bits per heavy atom. The summed E-state index contributed by atoms with van der Waals surface area (Å²) < 4.78 is 52.5. The molecule has 1 N–H and O–H groups in total. The number of ether oxygens (including phenoxy) is 4. The highest BCUT2D eigenvalue weighted by molar-refractivity contribution is 6.05. The van der Waals surface area contributed by atoms with Gasteiger partial charge in [0.15, 0.2) is 23.1 Å². The molecule has 0 atom stereocenters. The van der Waals surface area contributed by atoms with Crippen LogP contribution in [0.3, 0.4) is 0 Å². The molecule has 3 heterocycles. The largest absolute Gasteiger partial charge is 0.493 e. The number of amides is 1. The van der Waals surface area contributed by atoms with E-state index in [0.29, 0.717) is 40.4 Å². The van der Waals surface area contributed by atoms with Gasteiger partial charge in [0.1, 0.15) is 17.8 Å². The molecule has 6 rings (SSSR count). The van der Waals surface area contributed by atoms with Crippen molar-refractivity contribution in [3.05, 3.63) is 101 Å². The minimum absolute atomic E-state index is 0.00662.